The van der Waals surface area contributed by atoms with Crippen LogP contribution in [-0.2, 0) is 0 Å². The SMILES string of the molecule is CC1COc2ccccc2N1C(=O)c1ccccn1. The van der Waals surface area contributed by atoms with Gasteiger partial charge in [-0.3, -0.25) is 14.7 Å². The number of hydrogen-bond donors (Lipinski definition) is 0. The smallest absolute Gasteiger partial charge is 0.277 e. The van der Waals surface area contributed by atoms with E-state index in [1.807, 2.05) is 37.3 Å². The van der Waals surface area contributed by atoms with E-state index >= 15 is 0 Å². The summed E-state index contributed by atoms with van der Waals surface area (Å²) in [6.07, 6.45) is 1.63. The number of pyridine rings is 1. The number of aromatic nitrogens is 1. The first kappa shape index (κ1) is 11.7. The molecule has 0 saturated heterocycles. The second-order valence-electron chi connectivity index (χ2n) is 4.52. The first-order valence-electron chi connectivity index (χ1n) is 6.24. The quantitative estimate of drug-likeness (QED) is 0.785. The molecule has 1 amide bonds. The monoisotopic (exact) mass is 254 g/mol. The van der Waals surface area contributed by atoms with Crippen LogP contribution in [0.25, 0.3) is 0 Å². The summed E-state index contributed by atoms with van der Waals surface area (Å²) in [5.74, 6) is 0.647. The van der Waals surface area contributed by atoms with E-state index in [2.05, 4.69) is 4.98 Å². The molecule has 0 spiro atoms. The van der Waals surface area contributed by atoms with Gasteiger partial charge in [-0.1, -0.05) is 18.2 Å². The standard InChI is InChI=1S/C15H14N2O2/c1-11-10-19-14-8-3-2-7-13(14)17(11)15(18)12-6-4-5-9-16-12/h2-9,11H,10H2,1H3. The fourth-order valence-corrected chi connectivity index (χ4v) is 2.22. The minimum atomic E-state index is -0.0937. The lowest BCUT2D eigenvalue weighted by atomic mass is 10.1. The van der Waals surface area contributed by atoms with Crippen LogP contribution in [-0.4, -0.2) is 23.5 Å². The molecule has 1 aromatic carbocycles. The van der Waals surface area contributed by atoms with Crippen molar-refractivity contribution in [3.05, 3.63) is 54.4 Å². The van der Waals surface area contributed by atoms with Crippen molar-refractivity contribution in [3.8, 4) is 5.75 Å². The highest BCUT2D eigenvalue weighted by molar-refractivity contribution is 6.06. The summed E-state index contributed by atoms with van der Waals surface area (Å²) in [6, 6.07) is 12.9. The van der Waals surface area contributed by atoms with Crippen molar-refractivity contribution in [1.82, 2.24) is 4.98 Å². The predicted octanol–water partition coefficient (Wildman–Crippen LogP) is 2.51. The maximum atomic E-state index is 12.6. The third-order valence-corrected chi connectivity index (χ3v) is 3.15. The molecule has 96 valence electrons. The maximum Gasteiger partial charge on any atom is 0.277 e. The van der Waals surface area contributed by atoms with Gasteiger partial charge in [0.2, 0.25) is 0 Å². The van der Waals surface area contributed by atoms with Crippen LogP contribution >= 0.6 is 0 Å². The molecule has 19 heavy (non-hydrogen) atoms. The molecule has 1 aliphatic heterocycles. The number of amides is 1. The zero-order valence-corrected chi connectivity index (χ0v) is 10.6. The molecule has 2 aromatic rings. The summed E-state index contributed by atoms with van der Waals surface area (Å²) in [5, 5.41) is 0. The van der Waals surface area contributed by atoms with Crippen LogP contribution in [0.2, 0.25) is 0 Å². The van der Waals surface area contributed by atoms with Crippen LogP contribution in [0.4, 0.5) is 5.69 Å². The average Bonchev–Trinajstić information content (AvgIpc) is 2.47. The van der Waals surface area contributed by atoms with E-state index in [-0.39, 0.29) is 11.9 Å². The van der Waals surface area contributed by atoms with Gasteiger partial charge in [0.1, 0.15) is 18.1 Å². The Morgan fingerprint density at radius 3 is 2.84 bits per heavy atom. The normalized spacial score (nSPS) is 17.5. The fourth-order valence-electron chi connectivity index (χ4n) is 2.22. The third kappa shape index (κ3) is 2.05. The topological polar surface area (TPSA) is 42.4 Å². The Hall–Kier alpha value is -2.36. The van der Waals surface area contributed by atoms with Crippen molar-refractivity contribution in [2.45, 2.75) is 13.0 Å². The molecule has 0 saturated carbocycles. The van der Waals surface area contributed by atoms with E-state index < -0.39 is 0 Å². The molecule has 3 rings (SSSR count). The van der Waals surface area contributed by atoms with Crippen molar-refractivity contribution in [2.75, 3.05) is 11.5 Å². The van der Waals surface area contributed by atoms with Crippen LogP contribution in [0, 0.1) is 0 Å². The molecule has 2 heterocycles. The number of para-hydroxylation sites is 2. The lowest BCUT2D eigenvalue weighted by Gasteiger charge is -2.34. The lowest BCUT2D eigenvalue weighted by Crippen LogP contribution is -2.45. The van der Waals surface area contributed by atoms with Crippen molar-refractivity contribution in [3.63, 3.8) is 0 Å². The summed E-state index contributed by atoms with van der Waals surface area (Å²) in [4.78, 5) is 18.5. The molecule has 0 fully saturated rings. The molecule has 0 radical (unpaired) electrons. The van der Waals surface area contributed by atoms with Crippen LogP contribution in [0.5, 0.6) is 5.75 Å². The minimum Gasteiger partial charge on any atom is -0.489 e. The van der Waals surface area contributed by atoms with Gasteiger partial charge in [-0.15, -0.1) is 0 Å². The number of benzene rings is 1. The summed E-state index contributed by atoms with van der Waals surface area (Å²) in [7, 11) is 0. The third-order valence-electron chi connectivity index (χ3n) is 3.15. The summed E-state index contributed by atoms with van der Waals surface area (Å²) >= 11 is 0. The van der Waals surface area contributed by atoms with E-state index in [9.17, 15) is 4.79 Å². The number of anilines is 1. The molecular formula is C15H14N2O2. The Morgan fingerprint density at radius 1 is 1.26 bits per heavy atom. The van der Waals surface area contributed by atoms with Gasteiger partial charge in [0.25, 0.3) is 5.91 Å². The van der Waals surface area contributed by atoms with Crippen molar-refractivity contribution >= 4 is 11.6 Å². The predicted molar refractivity (Wildman–Crippen MR) is 72.4 cm³/mol. The van der Waals surface area contributed by atoms with Gasteiger partial charge in [-0.25, -0.2) is 0 Å². The van der Waals surface area contributed by atoms with E-state index in [0.717, 1.165) is 11.4 Å². The van der Waals surface area contributed by atoms with Crippen molar-refractivity contribution in [1.29, 1.82) is 0 Å². The molecule has 4 heteroatoms. The number of ether oxygens (including phenoxy) is 1. The highest BCUT2D eigenvalue weighted by atomic mass is 16.5. The largest absolute Gasteiger partial charge is 0.489 e. The van der Waals surface area contributed by atoms with E-state index in [1.165, 1.54) is 0 Å². The molecule has 0 aliphatic carbocycles. The van der Waals surface area contributed by atoms with Gasteiger partial charge in [0.05, 0.1) is 11.7 Å². The van der Waals surface area contributed by atoms with Gasteiger partial charge in [0, 0.05) is 6.20 Å². The highest BCUT2D eigenvalue weighted by Gasteiger charge is 2.30. The van der Waals surface area contributed by atoms with Gasteiger partial charge in [-0.2, -0.15) is 0 Å². The molecule has 0 N–H and O–H groups in total. The molecule has 1 aromatic heterocycles. The summed E-state index contributed by atoms with van der Waals surface area (Å²) in [5.41, 5.74) is 1.25. The maximum absolute atomic E-state index is 12.6. The van der Waals surface area contributed by atoms with Crippen LogP contribution in [0.1, 0.15) is 17.4 Å². The molecule has 0 bridgehead atoms. The second kappa shape index (κ2) is 4.72. The van der Waals surface area contributed by atoms with Crippen LogP contribution in [0.15, 0.2) is 48.7 Å². The zero-order chi connectivity index (χ0) is 13.2. The van der Waals surface area contributed by atoms with Gasteiger partial charge in [0.15, 0.2) is 0 Å². The number of hydrogen-bond acceptors (Lipinski definition) is 3. The van der Waals surface area contributed by atoms with Gasteiger partial charge in [-0.05, 0) is 31.2 Å². The van der Waals surface area contributed by atoms with Crippen molar-refractivity contribution < 1.29 is 9.53 Å². The van der Waals surface area contributed by atoms with Gasteiger partial charge >= 0.3 is 0 Å². The molecule has 1 unspecified atom stereocenters. The first-order valence-corrected chi connectivity index (χ1v) is 6.24. The molecule has 1 aliphatic rings. The number of carbonyl (C=O) groups is 1. The number of nitrogens with zero attached hydrogens (tertiary/aromatic N) is 2. The number of rotatable bonds is 1. The summed E-state index contributed by atoms with van der Waals surface area (Å²) < 4.78 is 5.64. The zero-order valence-electron chi connectivity index (χ0n) is 10.6. The Balaban J connectivity index is 2.02. The van der Waals surface area contributed by atoms with E-state index in [0.29, 0.717) is 12.3 Å². The Morgan fingerprint density at radius 2 is 2.05 bits per heavy atom. The average molecular weight is 254 g/mol. The summed E-state index contributed by atoms with van der Waals surface area (Å²) in [6.45, 7) is 2.46. The first-order chi connectivity index (χ1) is 9.27. The minimum absolute atomic E-state index is 0.00981. The van der Waals surface area contributed by atoms with E-state index in [4.69, 9.17) is 4.74 Å². The highest BCUT2D eigenvalue weighted by Crippen LogP contribution is 2.34. The van der Waals surface area contributed by atoms with Gasteiger partial charge < -0.3 is 4.74 Å². The van der Waals surface area contributed by atoms with Crippen LogP contribution in [0.3, 0.4) is 0 Å². The van der Waals surface area contributed by atoms with Crippen molar-refractivity contribution in [2.24, 2.45) is 0 Å². The fraction of sp³-hybridized carbons (Fsp3) is 0.200. The number of fused-ring (bicyclic) bond motifs is 1. The second-order valence-corrected chi connectivity index (χ2v) is 4.52. The Kier molecular flexibility index (Phi) is 2.91. The molecule has 1 atom stereocenters. The Bertz CT molecular complexity index is 598. The molecular weight excluding hydrogens is 240 g/mol. The number of carbonyl (C=O) groups excluding carboxylic acids is 1. The molecule has 4 nitrogen and oxygen atoms in total. The lowest BCUT2D eigenvalue weighted by molar-refractivity contribution is 0.0956. The van der Waals surface area contributed by atoms with E-state index in [1.54, 1.807) is 23.2 Å². The van der Waals surface area contributed by atoms with Crippen LogP contribution < -0.4 is 9.64 Å². The Labute approximate surface area is 111 Å².